The molecular formula is C20H21FN6O. The fourth-order valence-electron chi connectivity index (χ4n) is 3.29. The lowest BCUT2D eigenvalue weighted by molar-refractivity contribution is -0.125. The van der Waals surface area contributed by atoms with Crippen LogP contribution >= 0.6 is 0 Å². The van der Waals surface area contributed by atoms with Crippen molar-refractivity contribution in [2.75, 3.05) is 18.0 Å². The number of anilines is 1. The molecule has 7 nitrogen and oxygen atoms in total. The molecule has 0 unspecified atom stereocenters. The van der Waals surface area contributed by atoms with Gasteiger partial charge in [0.2, 0.25) is 5.91 Å². The molecule has 1 N–H and O–H groups in total. The molecule has 0 aliphatic carbocycles. The number of carbonyl (C=O) groups excluding carboxylic acids is 1. The van der Waals surface area contributed by atoms with Crippen LogP contribution in [0.3, 0.4) is 0 Å². The summed E-state index contributed by atoms with van der Waals surface area (Å²) in [4.78, 5) is 22.9. The smallest absolute Gasteiger partial charge is 0.226 e. The molecule has 3 aromatic rings. The van der Waals surface area contributed by atoms with E-state index >= 15 is 0 Å². The van der Waals surface area contributed by atoms with Crippen LogP contribution in [-0.4, -0.2) is 38.7 Å². The predicted octanol–water partition coefficient (Wildman–Crippen LogP) is 2.17. The van der Waals surface area contributed by atoms with E-state index in [1.165, 1.54) is 12.4 Å². The number of rotatable bonds is 5. The number of nitrogens with one attached hydrogen (secondary N) is 1. The van der Waals surface area contributed by atoms with Gasteiger partial charge < -0.3 is 10.2 Å². The minimum absolute atomic E-state index is 0.0765. The number of amides is 1. The molecule has 144 valence electrons. The Hall–Kier alpha value is -3.29. The molecule has 1 fully saturated rings. The fraction of sp³-hybridized carbons (Fsp3) is 0.300. The van der Waals surface area contributed by atoms with Crippen LogP contribution in [0.15, 0.2) is 42.7 Å². The van der Waals surface area contributed by atoms with E-state index in [9.17, 15) is 9.18 Å². The highest BCUT2D eigenvalue weighted by atomic mass is 19.1. The molecule has 0 saturated carbocycles. The number of halogens is 1. The molecule has 3 heterocycles. The Morgan fingerprint density at radius 1 is 1.18 bits per heavy atom. The van der Waals surface area contributed by atoms with Crippen molar-refractivity contribution in [3.63, 3.8) is 0 Å². The van der Waals surface area contributed by atoms with Gasteiger partial charge in [-0.1, -0.05) is 18.2 Å². The molecule has 0 bridgehead atoms. The first-order chi connectivity index (χ1) is 13.5. The van der Waals surface area contributed by atoms with Gasteiger partial charge in [-0.2, -0.15) is 5.10 Å². The molecule has 8 heteroatoms. The van der Waals surface area contributed by atoms with Gasteiger partial charge in [0.05, 0.1) is 11.6 Å². The predicted molar refractivity (Wildman–Crippen MR) is 103 cm³/mol. The van der Waals surface area contributed by atoms with Gasteiger partial charge in [0.1, 0.15) is 18.0 Å². The van der Waals surface area contributed by atoms with E-state index in [1.54, 1.807) is 22.9 Å². The maximum Gasteiger partial charge on any atom is 0.226 e. The number of nitrogens with zero attached hydrogens (tertiary/aromatic N) is 5. The van der Waals surface area contributed by atoms with Gasteiger partial charge in [-0.05, 0) is 26.0 Å². The second-order valence-corrected chi connectivity index (χ2v) is 6.98. The minimum Gasteiger partial charge on any atom is -0.355 e. The van der Waals surface area contributed by atoms with Gasteiger partial charge in [0, 0.05) is 37.0 Å². The number of aromatic nitrogens is 4. The lowest BCUT2D eigenvalue weighted by Crippen LogP contribution is -2.54. The fourth-order valence-corrected chi connectivity index (χ4v) is 3.29. The second-order valence-electron chi connectivity index (χ2n) is 6.98. The lowest BCUT2D eigenvalue weighted by Gasteiger charge is -2.39. The summed E-state index contributed by atoms with van der Waals surface area (Å²) in [5, 5.41) is 7.25. The first-order valence-corrected chi connectivity index (χ1v) is 9.13. The molecular weight excluding hydrogens is 359 g/mol. The Bertz CT molecular complexity index is 1010. The molecule has 1 amide bonds. The van der Waals surface area contributed by atoms with Crippen LogP contribution in [0.25, 0.3) is 5.82 Å². The third kappa shape index (κ3) is 3.58. The third-order valence-electron chi connectivity index (χ3n) is 4.85. The van der Waals surface area contributed by atoms with Gasteiger partial charge in [-0.15, -0.1) is 0 Å². The van der Waals surface area contributed by atoms with Crippen LogP contribution in [-0.2, 0) is 11.3 Å². The van der Waals surface area contributed by atoms with Crippen LogP contribution < -0.4 is 10.2 Å². The molecule has 0 atom stereocenters. The zero-order valence-corrected chi connectivity index (χ0v) is 15.8. The molecule has 0 radical (unpaired) electrons. The van der Waals surface area contributed by atoms with Gasteiger partial charge in [0.25, 0.3) is 0 Å². The Kier molecular flexibility index (Phi) is 4.77. The summed E-state index contributed by atoms with van der Waals surface area (Å²) >= 11 is 0. The van der Waals surface area contributed by atoms with Crippen molar-refractivity contribution >= 4 is 11.7 Å². The van der Waals surface area contributed by atoms with Crippen molar-refractivity contribution in [1.82, 2.24) is 25.1 Å². The van der Waals surface area contributed by atoms with E-state index in [4.69, 9.17) is 0 Å². The van der Waals surface area contributed by atoms with Crippen LogP contribution in [0.5, 0.6) is 0 Å². The van der Waals surface area contributed by atoms with Crippen LogP contribution in [0.4, 0.5) is 10.2 Å². The normalized spacial score (nSPS) is 14.0. The van der Waals surface area contributed by atoms with E-state index in [0.717, 1.165) is 17.2 Å². The molecule has 2 aromatic heterocycles. The molecule has 1 saturated heterocycles. The molecule has 1 aliphatic rings. The minimum atomic E-state index is -0.310. The van der Waals surface area contributed by atoms with Crippen molar-refractivity contribution in [1.29, 1.82) is 0 Å². The largest absolute Gasteiger partial charge is 0.355 e. The SMILES string of the molecule is Cc1cc(C)n(-c2cc(N3CC(C(=O)NCc4ccccc4F)C3)ncn2)n1. The van der Waals surface area contributed by atoms with Gasteiger partial charge >= 0.3 is 0 Å². The number of benzene rings is 1. The zero-order chi connectivity index (χ0) is 19.7. The van der Waals surface area contributed by atoms with E-state index in [0.29, 0.717) is 24.5 Å². The van der Waals surface area contributed by atoms with E-state index in [2.05, 4.69) is 20.4 Å². The Morgan fingerprint density at radius 2 is 1.93 bits per heavy atom. The van der Waals surface area contributed by atoms with E-state index in [1.807, 2.05) is 30.9 Å². The summed E-state index contributed by atoms with van der Waals surface area (Å²) < 4.78 is 15.4. The summed E-state index contributed by atoms with van der Waals surface area (Å²) in [5.74, 6) is 0.931. The zero-order valence-electron chi connectivity index (χ0n) is 15.8. The van der Waals surface area contributed by atoms with Gasteiger partial charge in [-0.25, -0.2) is 19.0 Å². The van der Waals surface area contributed by atoms with E-state index < -0.39 is 0 Å². The standard InChI is InChI=1S/C20H21FN6O/c1-13-7-14(2)27(25-13)19-8-18(23-12-24-19)26-10-16(11-26)20(28)22-9-15-5-3-4-6-17(15)21/h3-8,12,16H,9-11H2,1-2H3,(H,22,28). The Morgan fingerprint density at radius 3 is 2.64 bits per heavy atom. The quantitative estimate of drug-likeness (QED) is 0.734. The number of aryl methyl sites for hydroxylation is 2. The molecule has 0 spiro atoms. The molecule has 4 rings (SSSR count). The number of hydrogen-bond donors (Lipinski definition) is 1. The first kappa shape index (κ1) is 18.1. The van der Waals surface area contributed by atoms with Crippen LogP contribution in [0.1, 0.15) is 17.0 Å². The molecule has 1 aromatic carbocycles. The van der Waals surface area contributed by atoms with Crippen molar-refractivity contribution in [2.45, 2.75) is 20.4 Å². The monoisotopic (exact) mass is 380 g/mol. The van der Waals surface area contributed by atoms with Crippen molar-refractivity contribution in [2.24, 2.45) is 5.92 Å². The average molecular weight is 380 g/mol. The number of hydrogen-bond acceptors (Lipinski definition) is 5. The first-order valence-electron chi connectivity index (χ1n) is 9.13. The summed E-state index contributed by atoms with van der Waals surface area (Å²) in [6, 6.07) is 10.3. The highest BCUT2D eigenvalue weighted by molar-refractivity contribution is 5.81. The molecule has 1 aliphatic heterocycles. The van der Waals surface area contributed by atoms with E-state index in [-0.39, 0.29) is 24.2 Å². The summed E-state index contributed by atoms with van der Waals surface area (Å²) in [6.45, 7) is 5.23. The Labute approximate surface area is 162 Å². The maximum atomic E-state index is 13.6. The average Bonchev–Trinajstić information content (AvgIpc) is 2.98. The Balaban J connectivity index is 1.36. The van der Waals surface area contributed by atoms with Gasteiger partial charge in [-0.3, -0.25) is 4.79 Å². The van der Waals surface area contributed by atoms with Crippen molar-refractivity contribution < 1.29 is 9.18 Å². The molecule has 28 heavy (non-hydrogen) atoms. The lowest BCUT2D eigenvalue weighted by atomic mass is 9.99. The highest BCUT2D eigenvalue weighted by Crippen LogP contribution is 2.24. The van der Waals surface area contributed by atoms with Crippen LogP contribution in [0.2, 0.25) is 0 Å². The van der Waals surface area contributed by atoms with Crippen molar-refractivity contribution in [3.05, 3.63) is 65.5 Å². The maximum absolute atomic E-state index is 13.6. The van der Waals surface area contributed by atoms with Crippen molar-refractivity contribution in [3.8, 4) is 5.82 Å². The second kappa shape index (κ2) is 7.38. The summed E-state index contributed by atoms with van der Waals surface area (Å²) in [5.41, 5.74) is 2.40. The topological polar surface area (TPSA) is 75.9 Å². The summed E-state index contributed by atoms with van der Waals surface area (Å²) in [6.07, 6.45) is 1.51. The van der Waals surface area contributed by atoms with Gasteiger partial charge in [0.15, 0.2) is 5.82 Å². The number of carbonyl (C=O) groups is 1. The third-order valence-corrected chi connectivity index (χ3v) is 4.85. The van der Waals surface area contributed by atoms with Crippen LogP contribution in [0, 0.1) is 25.6 Å². The summed E-state index contributed by atoms with van der Waals surface area (Å²) in [7, 11) is 0. The highest BCUT2D eigenvalue weighted by Gasteiger charge is 2.33.